The number of amides is 4. The number of aryl methyl sites for hydroxylation is 1. The van der Waals surface area contributed by atoms with E-state index in [1.165, 1.54) is 0 Å². The molecule has 1 saturated carbocycles. The van der Waals surface area contributed by atoms with Gasteiger partial charge in [-0.2, -0.15) is 0 Å². The zero-order valence-electron chi connectivity index (χ0n) is 13.0. The van der Waals surface area contributed by atoms with Crippen LogP contribution in [0, 0.1) is 12.8 Å². The summed E-state index contributed by atoms with van der Waals surface area (Å²) in [4.78, 5) is 37.6. The van der Waals surface area contributed by atoms with E-state index in [1.807, 2.05) is 6.92 Å². The molecule has 0 radical (unpaired) electrons. The minimum atomic E-state index is -0.871. The van der Waals surface area contributed by atoms with Crippen LogP contribution in [0.4, 0.5) is 10.5 Å². The zero-order chi connectivity index (χ0) is 16.8. The lowest BCUT2D eigenvalue weighted by Gasteiger charge is -2.20. The van der Waals surface area contributed by atoms with E-state index in [-0.39, 0.29) is 18.4 Å². The molecule has 3 rings (SSSR count). The van der Waals surface area contributed by atoms with Crippen molar-refractivity contribution >= 4 is 35.1 Å². The number of nitrogens with zero attached hydrogens (tertiary/aromatic N) is 1. The second-order valence-electron chi connectivity index (χ2n) is 6.31. The zero-order valence-corrected chi connectivity index (χ0v) is 13.7. The Hall–Kier alpha value is -2.08. The lowest BCUT2D eigenvalue weighted by Crippen LogP contribution is -2.46. The first-order chi connectivity index (χ1) is 10.8. The Morgan fingerprint density at radius 3 is 2.74 bits per heavy atom. The van der Waals surface area contributed by atoms with E-state index in [9.17, 15) is 14.4 Å². The van der Waals surface area contributed by atoms with Gasteiger partial charge < -0.3 is 10.6 Å². The van der Waals surface area contributed by atoms with Crippen molar-refractivity contribution in [2.45, 2.75) is 32.2 Å². The molecular weight excluding hydrogens is 318 g/mol. The number of carbonyl (C=O) groups is 3. The Bertz CT molecular complexity index is 702. The van der Waals surface area contributed by atoms with E-state index in [0.29, 0.717) is 10.7 Å². The molecule has 0 unspecified atom stereocenters. The van der Waals surface area contributed by atoms with Crippen molar-refractivity contribution in [2.24, 2.45) is 5.92 Å². The lowest BCUT2D eigenvalue weighted by molar-refractivity contribution is -0.134. The van der Waals surface area contributed by atoms with E-state index in [4.69, 9.17) is 11.6 Å². The smallest absolute Gasteiger partial charge is 0.324 e. The number of urea groups is 1. The van der Waals surface area contributed by atoms with Crippen LogP contribution in [0.5, 0.6) is 0 Å². The number of benzene rings is 1. The molecule has 7 heteroatoms. The molecule has 6 nitrogen and oxygen atoms in total. The van der Waals surface area contributed by atoms with Crippen molar-refractivity contribution in [1.82, 2.24) is 10.2 Å². The minimum Gasteiger partial charge on any atom is -0.324 e. The highest BCUT2D eigenvalue weighted by molar-refractivity contribution is 6.31. The van der Waals surface area contributed by atoms with Crippen LogP contribution in [-0.2, 0) is 9.59 Å². The number of nitrogens with one attached hydrogen (secondary N) is 2. The molecule has 0 spiro atoms. The van der Waals surface area contributed by atoms with Crippen molar-refractivity contribution in [3.05, 3.63) is 28.8 Å². The quantitative estimate of drug-likeness (QED) is 0.829. The molecule has 23 heavy (non-hydrogen) atoms. The normalized spacial score (nSPS) is 23.9. The molecule has 2 aliphatic rings. The van der Waals surface area contributed by atoms with Gasteiger partial charge in [-0.3, -0.25) is 14.5 Å². The van der Waals surface area contributed by atoms with Gasteiger partial charge in [0.25, 0.3) is 5.91 Å². The number of rotatable bonds is 4. The molecular formula is C16H18ClN3O3. The van der Waals surface area contributed by atoms with Gasteiger partial charge in [-0.15, -0.1) is 0 Å². The first-order valence-electron chi connectivity index (χ1n) is 7.51. The standard InChI is InChI=1S/C16H18ClN3O3/c1-9-3-6-11(7-12(9)17)18-13(21)8-20-14(22)16(2,10-4-5-10)19-15(20)23/h3,6-7,10H,4-5,8H2,1-2H3,(H,18,21)(H,19,23)/t16-/m0/s1. The average Bonchev–Trinajstić information content (AvgIpc) is 3.29. The largest absolute Gasteiger partial charge is 0.325 e. The number of hydrogen-bond acceptors (Lipinski definition) is 3. The maximum atomic E-state index is 12.4. The molecule has 1 heterocycles. The van der Waals surface area contributed by atoms with Gasteiger partial charge in [-0.1, -0.05) is 17.7 Å². The third kappa shape index (κ3) is 2.91. The molecule has 0 bridgehead atoms. The Balaban J connectivity index is 1.66. The Labute approximate surface area is 139 Å². The number of hydrogen-bond donors (Lipinski definition) is 2. The minimum absolute atomic E-state index is 0.169. The summed E-state index contributed by atoms with van der Waals surface area (Å²) in [5.74, 6) is -0.599. The Kier molecular flexibility index (Phi) is 3.80. The van der Waals surface area contributed by atoms with E-state index in [1.54, 1.807) is 25.1 Å². The number of anilines is 1. The Morgan fingerprint density at radius 2 is 2.13 bits per heavy atom. The molecule has 1 saturated heterocycles. The summed E-state index contributed by atoms with van der Waals surface area (Å²) in [6, 6.07) is 4.63. The van der Waals surface area contributed by atoms with Gasteiger partial charge in [0.1, 0.15) is 12.1 Å². The molecule has 0 aromatic heterocycles. The van der Waals surface area contributed by atoms with Crippen LogP contribution in [0.1, 0.15) is 25.3 Å². The highest BCUT2D eigenvalue weighted by Crippen LogP contribution is 2.42. The maximum absolute atomic E-state index is 12.4. The SMILES string of the molecule is Cc1ccc(NC(=O)CN2C(=O)N[C@@](C)(C3CC3)C2=O)cc1Cl. The highest BCUT2D eigenvalue weighted by Gasteiger charge is 2.56. The summed E-state index contributed by atoms with van der Waals surface area (Å²) >= 11 is 6.01. The van der Waals surface area contributed by atoms with E-state index in [0.717, 1.165) is 23.3 Å². The van der Waals surface area contributed by atoms with E-state index < -0.39 is 17.5 Å². The van der Waals surface area contributed by atoms with Gasteiger partial charge in [-0.05, 0) is 50.3 Å². The van der Waals surface area contributed by atoms with E-state index in [2.05, 4.69) is 10.6 Å². The Morgan fingerprint density at radius 1 is 1.43 bits per heavy atom. The van der Waals surface area contributed by atoms with Crippen molar-refractivity contribution in [3.63, 3.8) is 0 Å². The van der Waals surface area contributed by atoms with Crippen LogP contribution in [-0.4, -0.2) is 34.8 Å². The van der Waals surface area contributed by atoms with Gasteiger partial charge in [0, 0.05) is 10.7 Å². The van der Waals surface area contributed by atoms with Crippen LogP contribution in [0.3, 0.4) is 0 Å². The van der Waals surface area contributed by atoms with Crippen LogP contribution in [0.2, 0.25) is 5.02 Å². The molecule has 1 aromatic carbocycles. The monoisotopic (exact) mass is 335 g/mol. The fraction of sp³-hybridized carbons (Fsp3) is 0.438. The second-order valence-corrected chi connectivity index (χ2v) is 6.72. The number of halogens is 1. The molecule has 122 valence electrons. The second kappa shape index (κ2) is 5.53. The van der Waals surface area contributed by atoms with Gasteiger partial charge in [0.15, 0.2) is 0 Å². The molecule has 1 aliphatic carbocycles. The lowest BCUT2D eigenvalue weighted by atomic mass is 9.96. The molecule has 1 aliphatic heterocycles. The van der Waals surface area contributed by atoms with E-state index >= 15 is 0 Å². The summed E-state index contributed by atoms with van der Waals surface area (Å²) in [6.45, 7) is 3.28. The molecule has 1 atom stereocenters. The summed E-state index contributed by atoms with van der Waals surface area (Å²) in [6.07, 6.45) is 1.84. The van der Waals surface area contributed by atoms with Crippen LogP contribution in [0.15, 0.2) is 18.2 Å². The molecule has 2 fully saturated rings. The van der Waals surface area contributed by atoms with Crippen molar-refractivity contribution < 1.29 is 14.4 Å². The van der Waals surface area contributed by atoms with Crippen LogP contribution < -0.4 is 10.6 Å². The molecule has 2 N–H and O–H groups in total. The van der Waals surface area contributed by atoms with Crippen LogP contribution in [0.25, 0.3) is 0 Å². The summed E-state index contributed by atoms with van der Waals surface area (Å²) in [5, 5.41) is 5.91. The number of imide groups is 1. The van der Waals surface area contributed by atoms with Crippen LogP contribution >= 0.6 is 11.6 Å². The molecule has 4 amide bonds. The van der Waals surface area contributed by atoms with Crippen molar-refractivity contribution in [3.8, 4) is 0 Å². The predicted octanol–water partition coefficient (Wildman–Crippen LogP) is 2.31. The van der Waals surface area contributed by atoms with Gasteiger partial charge >= 0.3 is 6.03 Å². The highest BCUT2D eigenvalue weighted by atomic mass is 35.5. The third-order valence-corrected chi connectivity index (χ3v) is 4.86. The van der Waals surface area contributed by atoms with Crippen molar-refractivity contribution in [1.29, 1.82) is 0 Å². The van der Waals surface area contributed by atoms with Crippen molar-refractivity contribution in [2.75, 3.05) is 11.9 Å². The summed E-state index contributed by atoms with van der Waals surface area (Å²) in [7, 11) is 0. The number of carbonyl (C=O) groups excluding carboxylic acids is 3. The fourth-order valence-corrected chi connectivity index (χ4v) is 2.99. The van der Waals surface area contributed by atoms with Gasteiger partial charge in [-0.25, -0.2) is 4.79 Å². The fourth-order valence-electron chi connectivity index (χ4n) is 2.81. The summed E-state index contributed by atoms with van der Waals surface area (Å²) < 4.78 is 0. The first-order valence-corrected chi connectivity index (χ1v) is 7.89. The third-order valence-electron chi connectivity index (χ3n) is 4.45. The summed E-state index contributed by atoms with van der Waals surface area (Å²) in [5.41, 5.74) is 0.562. The predicted molar refractivity (Wildman–Crippen MR) is 86.2 cm³/mol. The topological polar surface area (TPSA) is 78.5 Å². The molecule has 1 aromatic rings. The van der Waals surface area contributed by atoms with Gasteiger partial charge in [0.05, 0.1) is 0 Å². The maximum Gasteiger partial charge on any atom is 0.325 e. The van der Waals surface area contributed by atoms with Gasteiger partial charge in [0.2, 0.25) is 5.91 Å². The average molecular weight is 336 g/mol. The first kappa shape index (κ1) is 15.8.